The summed E-state index contributed by atoms with van der Waals surface area (Å²) >= 11 is 0. The third kappa shape index (κ3) is 4.94. The molecule has 2 aliphatic rings. The minimum absolute atomic E-state index is 0.0238. The van der Waals surface area contributed by atoms with E-state index in [1.807, 2.05) is 91.0 Å². The molecule has 1 aliphatic heterocycles. The van der Waals surface area contributed by atoms with Crippen LogP contribution in [-0.4, -0.2) is 36.0 Å². The number of benzene rings is 4. The lowest BCUT2D eigenvalue weighted by atomic mass is 9.99. The minimum atomic E-state index is 0.0238. The van der Waals surface area contributed by atoms with Crippen LogP contribution in [0.5, 0.6) is 5.75 Å². The molecule has 0 amide bonds. The molecular formula is C40H26N6O. The molecule has 3 aromatic heterocycles. The first-order valence-electron chi connectivity index (χ1n) is 15.5. The van der Waals surface area contributed by atoms with Gasteiger partial charge in [0.25, 0.3) is 0 Å². The van der Waals surface area contributed by atoms with Gasteiger partial charge in [0.05, 0.1) is 16.9 Å². The van der Waals surface area contributed by atoms with Crippen LogP contribution in [0.1, 0.15) is 12.1 Å². The zero-order valence-electron chi connectivity index (χ0n) is 25.2. The maximum absolute atomic E-state index is 6.15. The van der Waals surface area contributed by atoms with E-state index in [0.29, 0.717) is 17.5 Å². The highest BCUT2D eigenvalue weighted by atomic mass is 16.5. The SMILES string of the molecule is C1=CCC2Oc3ccc(-c4ncnc5ccc(-c6cccc(-c7nc(-c8ccccc8)nc(-c8ccccc8)n7)c6)cc45)nc3C2=C1. The van der Waals surface area contributed by atoms with Gasteiger partial charge in [0.15, 0.2) is 17.5 Å². The van der Waals surface area contributed by atoms with Crippen molar-refractivity contribution in [2.45, 2.75) is 12.5 Å². The molecule has 4 heterocycles. The maximum Gasteiger partial charge on any atom is 0.164 e. The van der Waals surface area contributed by atoms with Gasteiger partial charge in [0, 0.05) is 34.1 Å². The van der Waals surface area contributed by atoms with Crippen LogP contribution < -0.4 is 4.74 Å². The molecule has 222 valence electrons. The van der Waals surface area contributed by atoms with Gasteiger partial charge in [-0.05, 0) is 41.5 Å². The number of hydrogen-bond donors (Lipinski definition) is 0. The maximum atomic E-state index is 6.15. The van der Waals surface area contributed by atoms with E-state index in [4.69, 9.17) is 29.7 Å². The lowest BCUT2D eigenvalue weighted by Crippen LogP contribution is -2.12. The highest BCUT2D eigenvalue weighted by Crippen LogP contribution is 2.41. The summed E-state index contributed by atoms with van der Waals surface area (Å²) in [6, 6.07) is 38.6. The summed E-state index contributed by atoms with van der Waals surface area (Å²) < 4.78 is 6.15. The fourth-order valence-electron chi connectivity index (χ4n) is 6.20. The van der Waals surface area contributed by atoms with Crippen LogP contribution in [0.3, 0.4) is 0 Å². The first-order chi connectivity index (χ1) is 23.3. The van der Waals surface area contributed by atoms with Crippen LogP contribution in [0, 0.1) is 0 Å². The first kappa shape index (κ1) is 27.0. The van der Waals surface area contributed by atoms with Crippen molar-refractivity contribution >= 4 is 16.5 Å². The Morgan fingerprint density at radius 2 is 1.23 bits per heavy atom. The van der Waals surface area contributed by atoms with Crippen LogP contribution in [0.25, 0.3) is 73.2 Å². The van der Waals surface area contributed by atoms with Crippen LogP contribution in [0.4, 0.5) is 0 Å². The van der Waals surface area contributed by atoms with Gasteiger partial charge >= 0.3 is 0 Å². The van der Waals surface area contributed by atoms with Crippen LogP contribution in [0.2, 0.25) is 0 Å². The average molecular weight is 607 g/mol. The monoisotopic (exact) mass is 606 g/mol. The number of aromatic nitrogens is 6. The second-order valence-corrected chi connectivity index (χ2v) is 11.5. The van der Waals surface area contributed by atoms with Crippen molar-refractivity contribution in [3.05, 3.63) is 146 Å². The minimum Gasteiger partial charge on any atom is -0.483 e. The zero-order chi connectivity index (χ0) is 31.2. The predicted molar refractivity (Wildman–Crippen MR) is 184 cm³/mol. The van der Waals surface area contributed by atoms with Crippen molar-refractivity contribution in [2.24, 2.45) is 0 Å². The highest BCUT2D eigenvalue weighted by Gasteiger charge is 2.30. The van der Waals surface area contributed by atoms with Gasteiger partial charge in [0.1, 0.15) is 23.9 Å². The summed E-state index contributed by atoms with van der Waals surface area (Å²) in [5, 5.41) is 0.925. The standard InChI is InChI=1S/C40H26N6O/c1-3-10-25(11-4-1)38-44-39(26-12-5-2-6-13-26)46-40(45-38)29-15-9-14-27(22-29)28-18-19-32-31(23-28)36(42-24-41-32)33-20-21-35-37(43-33)30-16-7-8-17-34(30)47-35/h1-16,18-24,34H,17H2. The largest absolute Gasteiger partial charge is 0.483 e. The van der Waals surface area contributed by atoms with Crippen LogP contribution >= 0.6 is 0 Å². The fraction of sp³-hybridized carbons (Fsp3) is 0.0500. The zero-order valence-corrected chi connectivity index (χ0v) is 25.2. The number of hydrogen-bond acceptors (Lipinski definition) is 7. The quantitative estimate of drug-likeness (QED) is 0.194. The third-order valence-corrected chi connectivity index (χ3v) is 8.54. The van der Waals surface area contributed by atoms with Crippen LogP contribution in [0.15, 0.2) is 140 Å². The molecule has 1 atom stereocenters. The van der Waals surface area contributed by atoms with Gasteiger partial charge in [-0.25, -0.2) is 29.9 Å². The Balaban J connectivity index is 1.13. The molecule has 4 aromatic carbocycles. The number of ether oxygens (including phenoxy) is 1. The number of fused-ring (bicyclic) bond motifs is 4. The lowest BCUT2D eigenvalue weighted by Gasteiger charge is -2.11. The molecule has 7 heteroatoms. The van der Waals surface area contributed by atoms with Crippen molar-refractivity contribution in [2.75, 3.05) is 0 Å². The van der Waals surface area contributed by atoms with Crippen molar-refractivity contribution < 1.29 is 4.74 Å². The first-order valence-corrected chi connectivity index (χ1v) is 15.5. The van der Waals surface area contributed by atoms with Gasteiger partial charge < -0.3 is 4.74 Å². The van der Waals surface area contributed by atoms with Crippen molar-refractivity contribution in [1.82, 2.24) is 29.9 Å². The molecule has 0 bridgehead atoms. The molecule has 1 unspecified atom stereocenters. The Morgan fingerprint density at radius 3 is 2.00 bits per heavy atom. The van der Waals surface area contributed by atoms with E-state index in [2.05, 4.69) is 47.5 Å². The number of nitrogens with zero attached hydrogens (tertiary/aromatic N) is 6. The normalized spacial score (nSPS) is 14.7. The lowest BCUT2D eigenvalue weighted by molar-refractivity contribution is 0.278. The number of pyridine rings is 1. The number of rotatable bonds is 5. The molecule has 0 N–H and O–H groups in total. The summed E-state index contributed by atoms with van der Waals surface area (Å²) in [5.74, 6) is 2.68. The summed E-state index contributed by atoms with van der Waals surface area (Å²) in [6.45, 7) is 0. The predicted octanol–water partition coefficient (Wildman–Crippen LogP) is 8.65. The van der Waals surface area contributed by atoms with Crippen molar-refractivity contribution in [1.29, 1.82) is 0 Å². The Hall–Kier alpha value is -6.34. The molecule has 1 aliphatic carbocycles. The molecule has 0 saturated heterocycles. The van der Waals surface area contributed by atoms with E-state index in [-0.39, 0.29) is 6.10 Å². The van der Waals surface area contributed by atoms with Gasteiger partial charge in [-0.3, -0.25) is 0 Å². The van der Waals surface area contributed by atoms with E-state index >= 15 is 0 Å². The van der Waals surface area contributed by atoms with E-state index in [1.54, 1.807) is 6.33 Å². The molecular weight excluding hydrogens is 580 g/mol. The molecule has 7 nitrogen and oxygen atoms in total. The molecule has 9 rings (SSSR count). The Kier molecular flexibility index (Phi) is 6.45. The summed E-state index contributed by atoms with van der Waals surface area (Å²) in [6.07, 6.45) is 8.77. The summed E-state index contributed by atoms with van der Waals surface area (Å²) in [4.78, 5) is 29.0. The second-order valence-electron chi connectivity index (χ2n) is 11.5. The third-order valence-electron chi connectivity index (χ3n) is 8.54. The molecule has 0 fully saturated rings. The average Bonchev–Trinajstić information content (AvgIpc) is 3.53. The number of allylic oxidation sites excluding steroid dienone is 2. The smallest absolute Gasteiger partial charge is 0.164 e. The van der Waals surface area contributed by atoms with Crippen molar-refractivity contribution in [3.63, 3.8) is 0 Å². The van der Waals surface area contributed by atoms with Gasteiger partial charge in [-0.2, -0.15) is 0 Å². The van der Waals surface area contributed by atoms with E-state index in [0.717, 1.165) is 73.5 Å². The molecule has 7 aromatic rings. The van der Waals surface area contributed by atoms with E-state index in [1.165, 1.54) is 0 Å². The molecule has 0 radical (unpaired) electrons. The van der Waals surface area contributed by atoms with Crippen molar-refractivity contribution in [3.8, 4) is 62.4 Å². The second kappa shape index (κ2) is 11.2. The summed E-state index contributed by atoms with van der Waals surface area (Å²) in [5.41, 5.74) is 9.24. The Morgan fingerprint density at radius 1 is 0.553 bits per heavy atom. The van der Waals surface area contributed by atoms with Gasteiger partial charge in [-0.1, -0.05) is 103 Å². The fourth-order valence-corrected chi connectivity index (χ4v) is 6.20. The summed E-state index contributed by atoms with van der Waals surface area (Å²) in [7, 11) is 0. The van der Waals surface area contributed by atoms with Gasteiger partial charge in [0.2, 0.25) is 0 Å². The topological polar surface area (TPSA) is 86.6 Å². The van der Waals surface area contributed by atoms with E-state index < -0.39 is 0 Å². The molecule has 0 spiro atoms. The molecule has 0 saturated carbocycles. The van der Waals surface area contributed by atoms with Gasteiger partial charge in [-0.15, -0.1) is 0 Å². The highest BCUT2D eigenvalue weighted by molar-refractivity contribution is 5.95. The molecule has 47 heavy (non-hydrogen) atoms. The van der Waals surface area contributed by atoms with Crippen LogP contribution in [-0.2, 0) is 0 Å². The van der Waals surface area contributed by atoms with E-state index in [9.17, 15) is 0 Å². The Bertz CT molecular complexity index is 2310. The Labute approximate surface area is 271 Å².